The highest BCUT2D eigenvalue weighted by Gasteiger charge is 2.41. The molecule has 0 radical (unpaired) electrons. The number of carbonyl (C=O) groups is 5. The summed E-state index contributed by atoms with van der Waals surface area (Å²) in [5.41, 5.74) is 5.00. The fourth-order valence-electron chi connectivity index (χ4n) is 2.37. The van der Waals surface area contributed by atoms with Crippen LogP contribution in [0.3, 0.4) is 0 Å². The molecule has 11 nitrogen and oxygen atoms in total. The van der Waals surface area contributed by atoms with Gasteiger partial charge in [-0.2, -0.15) is 0 Å². The maximum absolute atomic E-state index is 12.0. The minimum Gasteiger partial charge on any atom is -0.480 e. The number of carboxylic acid groups (broad SMARTS) is 3. The molecule has 11 heteroatoms. The van der Waals surface area contributed by atoms with Gasteiger partial charge in [-0.05, 0) is 29.7 Å². The maximum Gasteiger partial charge on any atom is 0.349 e. The minimum absolute atomic E-state index is 0.0253. The Morgan fingerprint density at radius 2 is 0.971 bits per heavy atom. The van der Waals surface area contributed by atoms with E-state index in [1.165, 1.54) is 48.5 Å². The van der Waals surface area contributed by atoms with Crippen LogP contribution >= 0.6 is 0 Å². The minimum atomic E-state index is -2.21. The number of nitrogens with two attached hydrogens (primary N) is 1. The van der Waals surface area contributed by atoms with E-state index in [-0.39, 0.29) is 16.5 Å². The summed E-state index contributed by atoms with van der Waals surface area (Å²) in [6, 6.07) is 14.1. The molecule has 0 saturated carbocycles. The smallest absolute Gasteiger partial charge is 0.349 e. The van der Waals surface area contributed by atoms with Crippen LogP contribution in [0.2, 0.25) is 0 Å². The zero-order chi connectivity index (χ0) is 26.8. The van der Waals surface area contributed by atoms with Crippen LogP contribution in [0, 0.1) is 5.41 Å². The van der Waals surface area contributed by atoms with Crippen molar-refractivity contribution in [1.82, 2.24) is 0 Å². The molecule has 3 atom stereocenters. The second kappa shape index (κ2) is 12.8. The topological polar surface area (TPSA) is 191 Å². The molecule has 0 aromatic heterocycles. The van der Waals surface area contributed by atoms with Gasteiger partial charge >= 0.3 is 29.8 Å². The Kier molecular flexibility index (Phi) is 10.6. The van der Waals surface area contributed by atoms with E-state index in [4.69, 9.17) is 20.3 Å². The van der Waals surface area contributed by atoms with Crippen molar-refractivity contribution in [3.8, 4) is 0 Å². The zero-order valence-electron chi connectivity index (χ0n) is 19.3. The maximum atomic E-state index is 12.0. The van der Waals surface area contributed by atoms with Crippen LogP contribution in [0.5, 0.6) is 0 Å². The molecule has 188 valence electrons. The summed E-state index contributed by atoms with van der Waals surface area (Å²) in [6.45, 7) is 5.39. The number of hydrogen-bond acceptors (Lipinski definition) is 8. The fourth-order valence-corrected chi connectivity index (χ4v) is 2.37. The van der Waals surface area contributed by atoms with Crippen LogP contribution in [-0.4, -0.2) is 63.4 Å². The third kappa shape index (κ3) is 9.26. The molecule has 0 aliphatic heterocycles. The Morgan fingerprint density at radius 3 is 1.17 bits per heavy atom. The first-order valence-corrected chi connectivity index (χ1v) is 10.2. The summed E-state index contributed by atoms with van der Waals surface area (Å²) in [5.74, 6) is -6.58. The van der Waals surface area contributed by atoms with Crippen molar-refractivity contribution in [2.45, 2.75) is 39.0 Å². The van der Waals surface area contributed by atoms with Crippen molar-refractivity contribution in [3.05, 3.63) is 71.8 Å². The first-order chi connectivity index (χ1) is 16.3. The van der Waals surface area contributed by atoms with E-state index >= 15 is 0 Å². The zero-order valence-corrected chi connectivity index (χ0v) is 19.3. The molecule has 2 aromatic carbocycles. The number of hydrogen-bond donors (Lipinski definition) is 4. The molecule has 0 amide bonds. The van der Waals surface area contributed by atoms with Crippen molar-refractivity contribution in [1.29, 1.82) is 0 Å². The van der Waals surface area contributed by atoms with Crippen LogP contribution in [0.25, 0.3) is 0 Å². The molecule has 0 aliphatic carbocycles. The monoisotopic (exact) mass is 489 g/mol. The predicted molar refractivity (Wildman–Crippen MR) is 122 cm³/mol. The van der Waals surface area contributed by atoms with E-state index in [2.05, 4.69) is 0 Å². The van der Waals surface area contributed by atoms with Gasteiger partial charge in [-0.1, -0.05) is 57.2 Å². The lowest BCUT2D eigenvalue weighted by Crippen LogP contribution is -2.45. The Balaban J connectivity index is 0.000000579. The molecular weight excluding hydrogens is 462 g/mol. The first kappa shape index (κ1) is 28.8. The number of benzene rings is 2. The normalized spacial score (nSPS) is 13.1. The lowest BCUT2D eigenvalue weighted by atomic mass is 9.88. The third-order valence-electron chi connectivity index (χ3n) is 4.45. The fraction of sp³-hybridized carbons (Fsp3) is 0.292. The summed E-state index contributed by atoms with van der Waals surface area (Å²) in [4.78, 5) is 57.1. The molecule has 0 aliphatic rings. The quantitative estimate of drug-likeness (QED) is 0.397. The Bertz CT molecular complexity index is 962. The summed E-state index contributed by atoms with van der Waals surface area (Å²) in [7, 11) is 0. The number of ether oxygens (including phenoxy) is 2. The van der Waals surface area contributed by atoms with E-state index in [1.807, 2.05) is 0 Å². The lowest BCUT2D eigenvalue weighted by Gasteiger charge is -2.22. The number of rotatable bonds is 8. The second-order valence-corrected chi connectivity index (χ2v) is 8.24. The van der Waals surface area contributed by atoms with Crippen LogP contribution < -0.4 is 5.73 Å². The molecule has 0 spiro atoms. The van der Waals surface area contributed by atoms with Gasteiger partial charge in [-0.25, -0.2) is 19.2 Å². The molecule has 0 bridgehead atoms. The molecule has 0 saturated heterocycles. The highest BCUT2D eigenvalue weighted by Crippen LogP contribution is 2.17. The summed E-state index contributed by atoms with van der Waals surface area (Å²) < 4.78 is 9.52. The molecule has 0 fully saturated rings. The van der Waals surface area contributed by atoms with Gasteiger partial charge in [-0.3, -0.25) is 4.79 Å². The molecular formula is C24H27NO10. The van der Waals surface area contributed by atoms with Crippen LogP contribution in [0.4, 0.5) is 0 Å². The molecule has 35 heavy (non-hydrogen) atoms. The Hall–Kier alpha value is -4.25. The largest absolute Gasteiger partial charge is 0.480 e. The van der Waals surface area contributed by atoms with Gasteiger partial charge in [0, 0.05) is 0 Å². The molecule has 2 aromatic rings. The average molecular weight is 489 g/mol. The summed E-state index contributed by atoms with van der Waals surface area (Å²) >= 11 is 0. The van der Waals surface area contributed by atoms with Crippen LogP contribution in [0.1, 0.15) is 41.5 Å². The first-order valence-electron chi connectivity index (χ1n) is 10.2. The highest BCUT2D eigenvalue weighted by molar-refractivity contribution is 5.95. The standard InChI is InChI=1S/C18H14O8.C6H13NO2/c19-15(20)13(25-17(23)11-7-3-1-4-8-11)14(16(21)22)26-18(24)12-9-5-2-6-10-12;1-6(2,3)4(7)5(8)9/h1-10,13-14H,(H,19,20)(H,21,22);4H,7H2,1-3H3,(H,8,9)/t13-,14-;4-/m01/s1. The van der Waals surface area contributed by atoms with Crippen molar-refractivity contribution in [3.63, 3.8) is 0 Å². The van der Waals surface area contributed by atoms with Crippen LogP contribution in [-0.2, 0) is 23.9 Å². The lowest BCUT2D eigenvalue weighted by molar-refractivity contribution is -0.166. The van der Waals surface area contributed by atoms with Gasteiger partial charge in [-0.15, -0.1) is 0 Å². The SMILES string of the molecule is CC(C)(C)[C@H](N)C(=O)O.O=C(O[C@H](C(=O)O)[C@H](OC(=O)c1ccccc1)C(=O)O)c1ccccc1. The molecule has 2 rings (SSSR count). The summed E-state index contributed by atoms with van der Waals surface area (Å²) in [5, 5.41) is 26.9. The highest BCUT2D eigenvalue weighted by atomic mass is 16.6. The van der Waals surface area contributed by atoms with Crippen LogP contribution in [0.15, 0.2) is 60.7 Å². The Morgan fingerprint density at radius 1 is 0.657 bits per heavy atom. The van der Waals surface area contributed by atoms with Crippen molar-refractivity contribution >= 4 is 29.8 Å². The van der Waals surface area contributed by atoms with Crippen molar-refractivity contribution < 1.29 is 48.8 Å². The van der Waals surface area contributed by atoms with E-state index in [0.29, 0.717) is 0 Å². The Labute approximate surface area is 201 Å². The van der Waals surface area contributed by atoms with E-state index in [9.17, 15) is 34.2 Å². The number of esters is 2. The van der Waals surface area contributed by atoms with E-state index in [1.54, 1.807) is 32.9 Å². The van der Waals surface area contributed by atoms with Crippen molar-refractivity contribution in [2.24, 2.45) is 11.1 Å². The van der Waals surface area contributed by atoms with E-state index < -0.39 is 48.1 Å². The number of carboxylic acids is 3. The van der Waals surface area contributed by atoms with Gasteiger partial charge in [0.1, 0.15) is 6.04 Å². The molecule has 0 unspecified atom stereocenters. The summed E-state index contributed by atoms with van der Waals surface area (Å²) in [6.07, 6.45) is -4.43. The van der Waals surface area contributed by atoms with Gasteiger partial charge in [0.05, 0.1) is 11.1 Å². The van der Waals surface area contributed by atoms with Crippen molar-refractivity contribution in [2.75, 3.05) is 0 Å². The average Bonchev–Trinajstić information content (AvgIpc) is 2.81. The van der Waals surface area contributed by atoms with Gasteiger partial charge in [0.25, 0.3) is 0 Å². The van der Waals surface area contributed by atoms with Gasteiger partial charge in [0.15, 0.2) is 0 Å². The second-order valence-electron chi connectivity index (χ2n) is 8.24. The van der Waals surface area contributed by atoms with Gasteiger partial charge < -0.3 is 30.5 Å². The van der Waals surface area contributed by atoms with Gasteiger partial charge in [0.2, 0.25) is 12.2 Å². The number of aliphatic carboxylic acids is 3. The number of carbonyl (C=O) groups excluding carboxylic acids is 2. The molecule has 0 heterocycles. The van der Waals surface area contributed by atoms with E-state index in [0.717, 1.165) is 0 Å². The third-order valence-corrected chi connectivity index (χ3v) is 4.45. The molecule has 5 N–H and O–H groups in total. The predicted octanol–water partition coefficient (Wildman–Crippen LogP) is 2.05.